The maximum atomic E-state index is 9.37. The van der Waals surface area contributed by atoms with Gasteiger partial charge in [0.2, 0.25) is 0 Å². The van der Waals surface area contributed by atoms with Gasteiger partial charge >= 0.3 is 0 Å². The number of hydrogen-bond donors (Lipinski definition) is 2. The second-order valence-corrected chi connectivity index (χ2v) is 6.23. The Morgan fingerprint density at radius 2 is 2.00 bits per heavy atom. The van der Waals surface area contributed by atoms with Crippen molar-refractivity contribution >= 4 is 11.6 Å². The van der Waals surface area contributed by atoms with Crippen LogP contribution in [0.25, 0.3) is 0 Å². The highest BCUT2D eigenvalue weighted by molar-refractivity contribution is 5.60. The van der Waals surface area contributed by atoms with Gasteiger partial charge in [0.1, 0.15) is 17.5 Å². The van der Waals surface area contributed by atoms with Crippen LogP contribution in [0.5, 0.6) is 0 Å². The topological polar surface area (TPSA) is 61.3 Å². The molecular weight excluding hydrogens is 264 g/mol. The highest BCUT2D eigenvalue weighted by Gasteiger charge is 2.33. The van der Waals surface area contributed by atoms with Gasteiger partial charge in [-0.05, 0) is 39.0 Å². The minimum absolute atomic E-state index is 0.177. The fourth-order valence-corrected chi connectivity index (χ4v) is 2.70. The Morgan fingerprint density at radius 3 is 2.57 bits per heavy atom. The van der Waals surface area contributed by atoms with Crippen LogP contribution in [-0.4, -0.2) is 40.8 Å². The van der Waals surface area contributed by atoms with Gasteiger partial charge in [0.15, 0.2) is 0 Å². The molecule has 1 heterocycles. The Morgan fingerprint density at radius 1 is 1.24 bits per heavy atom. The van der Waals surface area contributed by atoms with E-state index in [1.165, 1.54) is 25.7 Å². The van der Waals surface area contributed by atoms with E-state index in [2.05, 4.69) is 24.1 Å². The predicted molar refractivity (Wildman–Crippen MR) is 85.0 cm³/mol. The summed E-state index contributed by atoms with van der Waals surface area (Å²) in [6, 6.07) is 0.553. The Bertz CT molecular complexity index is 497. The van der Waals surface area contributed by atoms with Crippen LogP contribution in [0.3, 0.4) is 0 Å². The molecule has 0 atom stereocenters. The van der Waals surface area contributed by atoms with Gasteiger partial charge in [-0.1, -0.05) is 6.92 Å². The molecule has 5 heteroatoms. The van der Waals surface area contributed by atoms with Gasteiger partial charge < -0.3 is 15.3 Å². The first-order valence-corrected chi connectivity index (χ1v) is 8.24. The van der Waals surface area contributed by atoms with Crippen molar-refractivity contribution in [2.75, 3.05) is 29.9 Å². The normalized spacial score (nSPS) is 17.9. The van der Waals surface area contributed by atoms with E-state index in [-0.39, 0.29) is 6.61 Å². The standard InChI is InChI=1S/C16H26N4O/c1-3-8-17-14-11(2)16(19-15(18-14)12-4-5-12)20(9-10-21)13-6-7-13/h12-13,21H,3-10H2,1-2H3,(H,17,18,19). The minimum Gasteiger partial charge on any atom is -0.395 e. The lowest BCUT2D eigenvalue weighted by atomic mass is 10.2. The molecule has 0 aliphatic heterocycles. The molecule has 0 amide bonds. The average molecular weight is 290 g/mol. The van der Waals surface area contributed by atoms with Gasteiger partial charge in [0.05, 0.1) is 6.61 Å². The van der Waals surface area contributed by atoms with E-state index in [0.29, 0.717) is 18.5 Å². The third-order valence-corrected chi connectivity index (χ3v) is 4.22. The summed E-state index contributed by atoms with van der Waals surface area (Å²) in [6.45, 7) is 6.03. The van der Waals surface area contributed by atoms with Gasteiger partial charge in [-0.25, -0.2) is 9.97 Å². The molecule has 1 aromatic heterocycles. The second-order valence-electron chi connectivity index (χ2n) is 6.23. The molecule has 5 nitrogen and oxygen atoms in total. The van der Waals surface area contributed by atoms with Gasteiger partial charge in [0, 0.05) is 30.6 Å². The van der Waals surface area contributed by atoms with E-state index in [0.717, 1.165) is 36.0 Å². The zero-order valence-corrected chi connectivity index (χ0v) is 13.1. The summed E-state index contributed by atoms with van der Waals surface area (Å²) < 4.78 is 0. The zero-order chi connectivity index (χ0) is 14.8. The molecule has 0 unspecified atom stereocenters. The van der Waals surface area contributed by atoms with Crippen molar-refractivity contribution in [3.63, 3.8) is 0 Å². The summed E-state index contributed by atoms with van der Waals surface area (Å²) in [5, 5.41) is 12.8. The van der Waals surface area contributed by atoms with Crippen LogP contribution in [0.15, 0.2) is 0 Å². The van der Waals surface area contributed by atoms with Crippen LogP contribution < -0.4 is 10.2 Å². The summed E-state index contributed by atoms with van der Waals surface area (Å²) in [6.07, 6.45) is 5.92. The number of aliphatic hydroxyl groups excluding tert-OH is 1. The third-order valence-electron chi connectivity index (χ3n) is 4.22. The highest BCUT2D eigenvalue weighted by atomic mass is 16.3. The van der Waals surface area contributed by atoms with Crippen molar-refractivity contribution in [1.29, 1.82) is 0 Å². The Hall–Kier alpha value is -1.36. The van der Waals surface area contributed by atoms with Crippen LogP contribution >= 0.6 is 0 Å². The van der Waals surface area contributed by atoms with Crippen molar-refractivity contribution < 1.29 is 5.11 Å². The summed E-state index contributed by atoms with van der Waals surface area (Å²) in [5.74, 6) is 3.54. The average Bonchev–Trinajstić information content (AvgIpc) is 3.36. The summed E-state index contributed by atoms with van der Waals surface area (Å²) >= 11 is 0. The molecule has 3 rings (SSSR count). The first-order valence-electron chi connectivity index (χ1n) is 8.24. The lowest BCUT2D eigenvalue weighted by Crippen LogP contribution is -2.31. The van der Waals surface area contributed by atoms with Crippen molar-refractivity contribution in [3.8, 4) is 0 Å². The fourth-order valence-electron chi connectivity index (χ4n) is 2.70. The predicted octanol–water partition coefficient (Wildman–Crippen LogP) is 2.45. The van der Waals surface area contributed by atoms with Crippen LogP contribution in [0.2, 0.25) is 0 Å². The van der Waals surface area contributed by atoms with Crippen LogP contribution in [-0.2, 0) is 0 Å². The number of rotatable bonds is 8. The first kappa shape index (κ1) is 14.6. The maximum absolute atomic E-state index is 9.37. The van der Waals surface area contributed by atoms with Gasteiger partial charge in [-0.15, -0.1) is 0 Å². The second kappa shape index (κ2) is 6.18. The molecule has 116 valence electrons. The molecule has 0 spiro atoms. The largest absolute Gasteiger partial charge is 0.395 e. The SMILES string of the molecule is CCCNc1nc(C2CC2)nc(N(CCO)C2CC2)c1C. The van der Waals surface area contributed by atoms with E-state index < -0.39 is 0 Å². The Labute approximate surface area is 126 Å². The molecule has 2 aliphatic rings. The summed E-state index contributed by atoms with van der Waals surface area (Å²) in [7, 11) is 0. The van der Waals surface area contributed by atoms with E-state index in [9.17, 15) is 5.11 Å². The molecular formula is C16H26N4O. The van der Waals surface area contributed by atoms with Crippen LogP contribution in [0.4, 0.5) is 11.6 Å². The lowest BCUT2D eigenvalue weighted by molar-refractivity contribution is 0.301. The van der Waals surface area contributed by atoms with E-state index >= 15 is 0 Å². The third kappa shape index (κ3) is 3.28. The van der Waals surface area contributed by atoms with Gasteiger partial charge in [-0.3, -0.25) is 0 Å². The number of aliphatic hydroxyl groups is 1. The van der Waals surface area contributed by atoms with Gasteiger partial charge in [0.25, 0.3) is 0 Å². The molecule has 1 aromatic rings. The van der Waals surface area contributed by atoms with Crippen molar-refractivity contribution in [1.82, 2.24) is 9.97 Å². The molecule has 0 aromatic carbocycles. The first-order chi connectivity index (χ1) is 10.2. The van der Waals surface area contributed by atoms with E-state index in [1.54, 1.807) is 0 Å². The minimum atomic E-state index is 0.177. The molecule has 2 aliphatic carbocycles. The molecule has 0 saturated heterocycles. The number of hydrogen-bond acceptors (Lipinski definition) is 5. The van der Waals surface area contributed by atoms with E-state index in [4.69, 9.17) is 9.97 Å². The fraction of sp³-hybridized carbons (Fsp3) is 0.750. The molecule has 2 saturated carbocycles. The zero-order valence-electron chi connectivity index (χ0n) is 13.1. The van der Waals surface area contributed by atoms with Crippen LogP contribution in [0.1, 0.15) is 56.3 Å². The number of anilines is 2. The highest BCUT2D eigenvalue weighted by Crippen LogP contribution is 2.41. The smallest absolute Gasteiger partial charge is 0.137 e. The Kier molecular flexibility index (Phi) is 4.29. The molecule has 2 N–H and O–H groups in total. The lowest BCUT2D eigenvalue weighted by Gasteiger charge is -2.26. The van der Waals surface area contributed by atoms with Crippen molar-refractivity contribution in [3.05, 3.63) is 11.4 Å². The maximum Gasteiger partial charge on any atom is 0.137 e. The van der Waals surface area contributed by atoms with Gasteiger partial charge in [-0.2, -0.15) is 0 Å². The van der Waals surface area contributed by atoms with Crippen molar-refractivity contribution in [2.45, 2.75) is 57.9 Å². The van der Waals surface area contributed by atoms with Crippen molar-refractivity contribution in [2.24, 2.45) is 0 Å². The molecule has 21 heavy (non-hydrogen) atoms. The monoisotopic (exact) mass is 290 g/mol. The molecule has 0 radical (unpaired) electrons. The number of nitrogens with zero attached hydrogens (tertiary/aromatic N) is 3. The molecule has 2 fully saturated rings. The Balaban J connectivity index is 1.93. The summed E-state index contributed by atoms with van der Waals surface area (Å²) in [5.41, 5.74) is 1.12. The summed E-state index contributed by atoms with van der Waals surface area (Å²) in [4.78, 5) is 11.9. The molecule has 0 bridgehead atoms. The number of aromatic nitrogens is 2. The van der Waals surface area contributed by atoms with Crippen LogP contribution in [0, 0.1) is 6.92 Å². The number of nitrogens with one attached hydrogen (secondary N) is 1. The van der Waals surface area contributed by atoms with E-state index in [1.807, 2.05) is 0 Å². The quantitative estimate of drug-likeness (QED) is 0.770.